The quantitative estimate of drug-likeness (QED) is 0.679. The number of nitriles is 1. The Morgan fingerprint density at radius 1 is 1.50 bits per heavy atom. The highest BCUT2D eigenvalue weighted by atomic mass is 16.5. The van der Waals surface area contributed by atoms with Gasteiger partial charge in [-0.3, -0.25) is 4.68 Å². The van der Waals surface area contributed by atoms with Gasteiger partial charge < -0.3 is 4.74 Å². The molecule has 0 aliphatic carbocycles. The van der Waals surface area contributed by atoms with Crippen LogP contribution in [0.25, 0.3) is 10.9 Å². The van der Waals surface area contributed by atoms with Crippen LogP contribution in [0.2, 0.25) is 0 Å². The Bertz CT molecular complexity index is 522. The lowest BCUT2D eigenvalue weighted by atomic mass is 10.2. The van der Waals surface area contributed by atoms with Gasteiger partial charge in [0, 0.05) is 12.4 Å². The van der Waals surface area contributed by atoms with Crippen molar-refractivity contribution in [2.45, 2.75) is 0 Å². The Morgan fingerprint density at radius 3 is 2.93 bits per heavy atom. The first-order valence-electron chi connectivity index (χ1n) is 4.17. The lowest BCUT2D eigenvalue weighted by Crippen LogP contribution is -1.92. The first-order chi connectivity index (χ1) is 6.77. The van der Waals surface area contributed by atoms with E-state index in [1.54, 1.807) is 18.8 Å². The smallest absolute Gasteiger partial charge is 0.147 e. The van der Waals surface area contributed by atoms with E-state index in [4.69, 9.17) is 10.00 Å². The van der Waals surface area contributed by atoms with Crippen LogP contribution in [0.4, 0.5) is 0 Å². The monoisotopic (exact) mass is 187 g/mol. The van der Waals surface area contributed by atoms with Crippen LogP contribution >= 0.6 is 0 Å². The Kier molecular flexibility index (Phi) is 1.86. The molecule has 1 heterocycles. The van der Waals surface area contributed by atoms with Gasteiger partial charge in [0.2, 0.25) is 0 Å². The van der Waals surface area contributed by atoms with Gasteiger partial charge in [-0.25, -0.2) is 0 Å². The Labute approximate surface area is 81.3 Å². The van der Waals surface area contributed by atoms with Crippen molar-refractivity contribution in [2.75, 3.05) is 7.11 Å². The van der Waals surface area contributed by atoms with Gasteiger partial charge in [0.05, 0.1) is 7.11 Å². The molecule has 1 aromatic carbocycles. The summed E-state index contributed by atoms with van der Waals surface area (Å²) in [5.74, 6) is 0.694. The summed E-state index contributed by atoms with van der Waals surface area (Å²) in [7, 11) is 3.34. The van der Waals surface area contributed by atoms with E-state index in [0.717, 1.165) is 10.9 Å². The van der Waals surface area contributed by atoms with Crippen molar-refractivity contribution < 1.29 is 4.74 Å². The summed E-state index contributed by atoms with van der Waals surface area (Å²) >= 11 is 0. The van der Waals surface area contributed by atoms with Gasteiger partial charge in [0.1, 0.15) is 23.0 Å². The van der Waals surface area contributed by atoms with Gasteiger partial charge >= 0.3 is 0 Å². The molecule has 0 fully saturated rings. The van der Waals surface area contributed by atoms with Crippen LogP contribution in [0.15, 0.2) is 18.2 Å². The Balaban J connectivity index is 2.87. The van der Waals surface area contributed by atoms with Crippen molar-refractivity contribution in [3.05, 3.63) is 23.9 Å². The van der Waals surface area contributed by atoms with E-state index < -0.39 is 0 Å². The minimum absolute atomic E-state index is 0.555. The molecule has 2 rings (SSSR count). The lowest BCUT2D eigenvalue weighted by Gasteiger charge is -1.97. The van der Waals surface area contributed by atoms with Crippen LogP contribution < -0.4 is 4.74 Å². The fourth-order valence-electron chi connectivity index (χ4n) is 1.49. The molecule has 0 unspecified atom stereocenters. The highest BCUT2D eigenvalue weighted by molar-refractivity contribution is 5.88. The maximum absolute atomic E-state index is 8.92. The number of rotatable bonds is 1. The number of hydrogen-bond donors (Lipinski definition) is 0. The van der Waals surface area contributed by atoms with Crippen molar-refractivity contribution in [3.8, 4) is 11.8 Å². The number of aromatic nitrogens is 2. The van der Waals surface area contributed by atoms with Crippen LogP contribution in [0.5, 0.6) is 5.75 Å². The van der Waals surface area contributed by atoms with Crippen molar-refractivity contribution in [1.29, 1.82) is 5.26 Å². The molecule has 1 aromatic heterocycles. The first-order valence-corrected chi connectivity index (χ1v) is 4.17. The fourth-order valence-corrected chi connectivity index (χ4v) is 1.49. The summed E-state index contributed by atoms with van der Waals surface area (Å²) in [4.78, 5) is 0. The predicted octanol–water partition coefficient (Wildman–Crippen LogP) is 1.45. The van der Waals surface area contributed by atoms with Gasteiger partial charge in [0.15, 0.2) is 0 Å². The minimum Gasteiger partial charge on any atom is -0.494 e. The summed E-state index contributed by atoms with van der Waals surface area (Å²) < 4.78 is 6.72. The maximum atomic E-state index is 8.92. The molecule has 0 saturated heterocycles. The topological polar surface area (TPSA) is 50.8 Å². The molecule has 14 heavy (non-hydrogen) atoms. The predicted molar refractivity (Wildman–Crippen MR) is 52.0 cm³/mol. The van der Waals surface area contributed by atoms with E-state index in [1.807, 2.05) is 18.2 Å². The second-order valence-corrected chi connectivity index (χ2v) is 2.94. The number of ether oxygens (including phenoxy) is 1. The highest BCUT2D eigenvalue weighted by Crippen LogP contribution is 2.25. The van der Waals surface area contributed by atoms with Crippen LogP contribution in [0.3, 0.4) is 0 Å². The van der Waals surface area contributed by atoms with Gasteiger partial charge in [0.25, 0.3) is 0 Å². The summed E-state index contributed by atoms with van der Waals surface area (Å²) in [6.07, 6.45) is 0. The minimum atomic E-state index is 0.555. The van der Waals surface area contributed by atoms with Crippen LogP contribution in [0.1, 0.15) is 5.69 Å². The second kappa shape index (κ2) is 3.04. The summed E-state index contributed by atoms with van der Waals surface area (Å²) in [6, 6.07) is 7.66. The Morgan fingerprint density at radius 2 is 2.29 bits per heavy atom. The lowest BCUT2D eigenvalue weighted by molar-refractivity contribution is 0.418. The molecule has 0 saturated carbocycles. The number of hydrogen-bond acceptors (Lipinski definition) is 3. The van der Waals surface area contributed by atoms with Gasteiger partial charge in [-0.15, -0.1) is 0 Å². The van der Waals surface area contributed by atoms with Crippen molar-refractivity contribution in [2.24, 2.45) is 7.05 Å². The summed E-state index contributed by atoms with van der Waals surface area (Å²) in [5, 5.41) is 14.0. The van der Waals surface area contributed by atoms with E-state index in [1.165, 1.54) is 0 Å². The molecule has 0 aliphatic rings. The molecule has 0 aliphatic heterocycles. The molecule has 0 bridgehead atoms. The molecule has 4 nitrogen and oxygen atoms in total. The van der Waals surface area contributed by atoms with Gasteiger partial charge in [-0.1, -0.05) is 6.07 Å². The van der Waals surface area contributed by atoms with Gasteiger partial charge in [-0.2, -0.15) is 10.4 Å². The van der Waals surface area contributed by atoms with Gasteiger partial charge in [-0.05, 0) is 12.1 Å². The third kappa shape index (κ3) is 1.03. The SMILES string of the molecule is COc1cccc2c(C#N)n(C)nc12. The van der Waals surface area contributed by atoms with E-state index in [2.05, 4.69) is 11.2 Å². The molecular formula is C10H9N3O. The summed E-state index contributed by atoms with van der Waals surface area (Å²) in [6.45, 7) is 0. The molecule has 0 spiro atoms. The van der Waals surface area contributed by atoms with E-state index >= 15 is 0 Å². The first kappa shape index (κ1) is 8.57. The normalized spacial score (nSPS) is 10.1. The van der Waals surface area contributed by atoms with Crippen molar-refractivity contribution in [1.82, 2.24) is 9.78 Å². The molecule has 70 valence electrons. The van der Waals surface area contributed by atoms with Crippen molar-refractivity contribution in [3.63, 3.8) is 0 Å². The standard InChI is InChI=1S/C10H9N3O/c1-13-8(6-11)7-4-3-5-9(14-2)10(7)12-13/h3-5H,1-2H3. The molecular weight excluding hydrogens is 178 g/mol. The van der Waals surface area contributed by atoms with Crippen LogP contribution in [0, 0.1) is 11.3 Å². The molecule has 0 atom stereocenters. The van der Waals surface area contributed by atoms with E-state index in [-0.39, 0.29) is 0 Å². The molecule has 4 heteroatoms. The average Bonchev–Trinajstić information content (AvgIpc) is 2.52. The molecule has 0 radical (unpaired) electrons. The highest BCUT2D eigenvalue weighted by Gasteiger charge is 2.11. The number of aryl methyl sites for hydroxylation is 1. The van der Waals surface area contributed by atoms with Crippen molar-refractivity contribution >= 4 is 10.9 Å². The molecule has 0 amide bonds. The molecule has 0 N–H and O–H groups in total. The number of fused-ring (bicyclic) bond motifs is 1. The fraction of sp³-hybridized carbons (Fsp3) is 0.200. The van der Waals surface area contributed by atoms with E-state index in [9.17, 15) is 0 Å². The zero-order valence-electron chi connectivity index (χ0n) is 7.98. The third-order valence-electron chi connectivity index (χ3n) is 2.15. The van der Waals surface area contributed by atoms with Crippen LogP contribution in [-0.2, 0) is 7.05 Å². The largest absolute Gasteiger partial charge is 0.494 e. The number of nitrogens with zero attached hydrogens (tertiary/aromatic N) is 3. The third-order valence-corrected chi connectivity index (χ3v) is 2.15. The van der Waals surface area contributed by atoms with Crippen LogP contribution in [-0.4, -0.2) is 16.9 Å². The second-order valence-electron chi connectivity index (χ2n) is 2.94. The van der Waals surface area contributed by atoms with E-state index in [0.29, 0.717) is 11.4 Å². The zero-order valence-corrected chi connectivity index (χ0v) is 7.98. The summed E-state index contributed by atoms with van der Waals surface area (Å²) in [5.41, 5.74) is 1.29. The number of benzene rings is 1. The molecule has 2 aromatic rings. The zero-order chi connectivity index (χ0) is 10.1. The Hall–Kier alpha value is -2.02. The average molecular weight is 187 g/mol. The maximum Gasteiger partial charge on any atom is 0.147 e. The number of methoxy groups -OCH3 is 1.